The summed E-state index contributed by atoms with van der Waals surface area (Å²) >= 11 is 1.03. The third-order valence-corrected chi connectivity index (χ3v) is 8.98. The second-order valence-electron chi connectivity index (χ2n) is 6.83. The first-order chi connectivity index (χ1) is 14.2. The molecule has 0 radical (unpaired) electrons. The predicted octanol–water partition coefficient (Wildman–Crippen LogP) is 4.38. The van der Waals surface area contributed by atoms with Gasteiger partial charge in [-0.1, -0.05) is 48.0 Å². The zero-order chi connectivity index (χ0) is 21.4. The van der Waals surface area contributed by atoms with E-state index < -0.39 is 19.9 Å². The maximum atomic E-state index is 12.7. The highest BCUT2D eigenvalue weighted by Crippen LogP contribution is 2.30. The quantitative estimate of drug-likeness (QED) is 0.463. The summed E-state index contributed by atoms with van der Waals surface area (Å²) < 4.78 is 53.8. The fourth-order valence-corrected chi connectivity index (χ4v) is 6.62. The van der Waals surface area contributed by atoms with Crippen molar-refractivity contribution in [1.82, 2.24) is 4.98 Å². The third-order valence-electron chi connectivity index (χ3n) is 4.42. The molecule has 6 nitrogen and oxygen atoms in total. The molecule has 0 saturated heterocycles. The number of thiazole rings is 1. The van der Waals surface area contributed by atoms with Gasteiger partial charge in [0.05, 0.1) is 26.6 Å². The van der Waals surface area contributed by atoms with E-state index in [2.05, 4.69) is 9.71 Å². The number of hydrogen-bond acceptors (Lipinski definition) is 6. The first-order valence-electron chi connectivity index (χ1n) is 9.00. The number of nitrogens with zero attached hydrogens (tertiary/aromatic N) is 1. The van der Waals surface area contributed by atoms with Crippen LogP contribution in [0.4, 0.5) is 5.69 Å². The van der Waals surface area contributed by atoms with Crippen LogP contribution in [0.2, 0.25) is 0 Å². The molecule has 9 heteroatoms. The van der Waals surface area contributed by atoms with Gasteiger partial charge in [-0.3, -0.25) is 4.72 Å². The van der Waals surface area contributed by atoms with Gasteiger partial charge in [0.15, 0.2) is 0 Å². The van der Waals surface area contributed by atoms with Gasteiger partial charge in [0.1, 0.15) is 0 Å². The van der Waals surface area contributed by atoms with Crippen LogP contribution in [0.5, 0.6) is 0 Å². The number of sulfonamides is 1. The molecule has 1 aromatic heterocycles. The van der Waals surface area contributed by atoms with Crippen LogP contribution in [0, 0.1) is 6.92 Å². The van der Waals surface area contributed by atoms with Crippen molar-refractivity contribution in [2.75, 3.05) is 4.72 Å². The summed E-state index contributed by atoms with van der Waals surface area (Å²) in [6.07, 6.45) is 0. The molecule has 4 rings (SSSR count). The van der Waals surface area contributed by atoms with Crippen molar-refractivity contribution in [3.8, 4) is 0 Å². The summed E-state index contributed by atoms with van der Waals surface area (Å²) in [5.41, 5.74) is 2.50. The highest BCUT2D eigenvalue weighted by molar-refractivity contribution is 7.93. The summed E-state index contributed by atoms with van der Waals surface area (Å²) in [4.78, 5) is 4.40. The van der Waals surface area contributed by atoms with Crippen LogP contribution in [-0.4, -0.2) is 21.8 Å². The minimum atomic E-state index is -3.75. The maximum absolute atomic E-state index is 12.7. The zero-order valence-corrected chi connectivity index (χ0v) is 18.4. The van der Waals surface area contributed by atoms with Crippen LogP contribution >= 0.6 is 11.3 Å². The number of anilines is 1. The molecule has 0 amide bonds. The van der Waals surface area contributed by atoms with E-state index in [1.54, 1.807) is 54.6 Å². The predicted molar refractivity (Wildman–Crippen MR) is 119 cm³/mol. The topological polar surface area (TPSA) is 93.2 Å². The van der Waals surface area contributed by atoms with E-state index in [0.717, 1.165) is 16.9 Å². The molecule has 154 valence electrons. The Morgan fingerprint density at radius 1 is 0.900 bits per heavy atom. The molecule has 0 saturated carbocycles. The first kappa shape index (κ1) is 20.5. The fourth-order valence-electron chi connectivity index (χ4n) is 2.89. The Balaban J connectivity index is 1.62. The molecular formula is C21H18N2O4S3. The molecule has 1 heterocycles. The van der Waals surface area contributed by atoms with E-state index in [9.17, 15) is 16.8 Å². The lowest BCUT2D eigenvalue weighted by molar-refractivity contribution is 0.594. The summed E-state index contributed by atoms with van der Waals surface area (Å²) in [6.45, 7) is 1.88. The number of nitrogens with one attached hydrogen (secondary N) is 1. The average Bonchev–Trinajstić information content (AvgIpc) is 3.13. The Labute approximate surface area is 179 Å². The monoisotopic (exact) mass is 458 g/mol. The molecule has 0 fully saturated rings. The van der Waals surface area contributed by atoms with Crippen molar-refractivity contribution < 1.29 is 16.8 Å². The molecule has 0 aliphatic heterocycles. The van der Waals surface area contributed by atoms with Crippen LogP contribution in [0.3, 0.4) is 0 Å². The van der Waals surface area contributed by atoms with Crippen molar-refractivity contribution in [2.24, 2.45) is 0 Å². The molecule has 0 atom stereocenters. The van der Waals surface area contributed by atoms with Crippen LogP contribution < -0.4 is 4.72 Å². The van der Waals surface area contributed by atoms with Crippen molar-refractivity contribution in [1.29, 1.82) is 0 Å². The third kappa shape index (κ3) is 4.38. The highest BCUT2D eigenvalue weighted by atomic mass is 32.2. The Hall–Kier alpha value is -2.75. The SMILES string of the molecule is Cc1ccc(S(=O)(=O)Nc2ccc3nc(S(=O)(=O)Cc4ccccc4)sc3c2)cc1. The Morgan fingerprint density at radius 2 is 1.60 bits per heavy atom. The summed E-state index contributed by atoms with van der Waals surface area (Å²) in [5.74, 6) is -0.138. The Kier molecular flexibility index (Phi) is 5.35. The summed E-state index contributed by atoms with van der Waals surface area (Å²) in [6, 6.07) is 20.2. The number of sulfone groups is 1. The first-order valence-corrected chi connectivity index (χ1v) is 12.9. The van der Waals surface area contributed by atoms with Gasteiger partial charge in [0.2, 0.25) is 14.2 Å². The molecular weight excluding hydrogens is 440 g/mol. The van der Waals surface area contributed by atoms with Crippen molar-refractivity contribution >= 4 is 47.1 Å². The maximum Gasteiger partial charge on any atom is 0.261 e. The second-order valence-corrected chi connectivity index (χ2v) is 11.7. The van der Waals surface area contributed by atoms with E-state index >= 15 is 0 Å². The lowest BCUT2D eigenvalue weighted by Crippen LogP contribution is -2.12. The Bertz CT molecular complexity index is 1410. The molecule has 1 N–H and O–H groups in total. The lowest BCUT2D eigenvalue weighted by atomic mass is 10.2. The number of benzene rings is 3. The standard InChI is InChI=1S/C21H18N2O4S3/c1-15-7-10-18(11-8-15)30(26,27)23-17-9-12-19-20(13-17)28-21(22-19)29(24,25)14-16-5-3-2-4-6-16/h2-13,23H,14H2,1H3. The van der Waals surface area contributed by atoms with Gasteiger partial charge in [-0.2, -0.15) is 0 Å². The van der Waals surface area contributed by atoms with Gasteiger partial charge in [-0.15, -0.1) is 11.3 Å². The Morgan fingerprint density at radius 3 is 2.30 bits per heavy atom. The van der Waals surface area contributed by atoms with E-state index in [0.29, 0.717) is 21.5 Å². The minimum absolute atomic E-state index is 0.0138. The molecule has 30 heavy (non-hydrogen) atoms. The van der Waals surface area contributed by atoms with E-state index in [4.69, 9.17) is 0 Å². The van der Waals surface area contributed by atoms with Gasteiger partial charge in [0, 0.05) is 0 Å². The van der Waals surface area contributed by atoms with Gasteiger partial charge < -0.3 is 0 Å². The van der Waals surface area contributed by atoms with E-state index in [1.165, 1.54) is 12.1 Å². The molecule has 0 aliphatic carbocycles. The number of aryl methyl sites for hydroxylation is 1. The second kappa shape index (κ2) is 7.82. The van der Waals surface area contributed by atoms with Gasteiger partial charge in [0.25, 0.3) is 10.0 Å². The zero-order valence-electron chi connectivity index (χ0n) is 15.9. The van der Waals surface area contributed by atoms with E-state index in [-0.39, 0.29) is 15.0 Å². The molecule has 3 aromatic carbocycles. The van der Waals surface area contributed by atoms with Crippen LogP contribution in [0.15, 0.2) is 82.0 Å². The van der Waals surface area contributed by atoms with Crippen molar-refractivity contribution in [2.45, 2.75) is 21.9 Å². The average molecular weight is 459 g/mol. The molecule has 0 bridgehead atoms. The smallest absolute Gasteiger partial charge is 0.261 e. The highest BCUT2D eigenvalue weighted by Gasteiger charge is 2.21. The van der Waals surface area contributed by atoms with Gasteiger partial charge in [-0.05, 0) is 42.8 Å². The lowest BCUT2D eigenvalue weighted by Gasteiger charge is -2.08. The molecule has 0 unspecified atom stereocenters. The minimum Gasteiger partial charge on any atom is -0.280 e. The number of hydrogen-bond donors (Lipinski definition) is 1. The van der Waals surface area contributed by atoms with Crippen LogP contribution in [0.25, 0.3) is 10.2 Å². The molecule has 0 spiro atoms. The van der Waals surface area contributed by atoms with E-state index in [1.807, 2.05) is 13.0 Å². The number of fused-ring (bicyclic) bond motifs is 1. The summed E-state index contributed by atoms with van der Waals surface area (Å²) in [7, 11) is -7.35. The van der Waals surface area contributed by atoms with Crippen molar-refractivity contribution in [3.63, 3.8) is 0 Å². The fraction of sp³-hybridized carbons (Fsp3) is 0.0952. The molecule has 4 aromatic rings. The number of rotatable bonds is 6. The van der Waals surface area contributed by atoms with Gasteiger partial charge >= 0.3 is 0 Å². The number of aromatic nitrogens is 1. The van der Waals surface area contributed by atoms with Gasteiger partial charge in [-0.25, -0.2) is 21.8 Å². The van der Waals surface area contributed by atoms with Crippen molar-refractivity contribution in [3.05, 3.63) is 83.9 Å². The largest absolute Gasteiger partial charge is 0.280 e. The summed E-state index contributed by atoms with van der Waals surface area (Å²) in [5, 5.41) is 0. The normalized spacial score (nSPS) is 12.2. The molecule has 0 aliphatic rings. The van der Waals surface area contributed by atoms with Crippen LogP contribution in [0.1, 0.15) is 11.1 Å². The van der Waals surface area contributed by atoms with Crippen LogP contribution in [-0.2, 0) is 25.6 Å².